The van der Waals surface area contributed by atoms with Crippen LogP contribution in [0.2, 0.25) is 0 Å². The fourth-order valence-electron chi connectivity index (χ4n) is 1.50. The summed E-state index contributed by atoms with van der Waals surface area (Å²) in [6.07, 6.45) is 4.61. The molecule has 0 N–H and O–H groups in total. The van der Waals surface area contributed by atoms with Gasteiger partial charge in [-0.1, -0.05) is 40.0 Å². The standard InChI is InChI=1S/C11H22O2.Na/c1-4-6-10(11(12)13)8-5-7-9(2)3;/h9-10H,4-8H2,1-3H3,(H,12,13);/q;+1/p-1. The van der Waals surface area contributed by atoms with Gasteiger partial charge in [0.2, 0.25) is 0 Å². The molecule has 0 aromatic rings. The van der Waals surface area contributed by atoms with Gasteiger partial charge in [0.1, 0.15) is 0 Å². The van der Waals surface area contributed by atoms with Gasteiger partial charge in [-0.3, -0.25) is 0 Å². The Balaban J connectivity index is 0. The minimum absolute atomic E-state index is 0. The van der Waals surface area contributed by atoms with E-state index >= 15 is 0 Å². The van der Waals surface area contributed by atoms with Gasteiger partial charge in [-0.25, -0.2) is 0 Å². The van der Waals surface area contributed by atoms with E-state index in [-0.39, 0.29) is 35.5 Å². The zero-order chi connectivity index (χ0) is 10.3. The van der Waals surface area contributed by atoms with E-state index in [9.17, 15) is 9.90 Å². The van der Waals surface area contributed by atoms with Gasteiger partial charge < -0.3 is 9.90 Å². The molecule has 0 rings (SSSR count). The smallest absolute Gasteiger partial charge is 0.550 e. The summed E-state index contributed by atoms with van der Waals surface area (Å²) in [5, 5.41) is 10.7. The molecule has 0 aliphatic carbocycles. The second-order valence-corrected chi connectivity index (χ2v) is 4.13. The summed E-state index contributed by atoms with van der Waals surface area (Å²) in [7, 11) is 0. The van der Waals surface area contributed by atoms with Crippen molar-refractivity contribution in [2.45, 2.75) is 52.9 Å². The summed E-state index contributed by atoms with van der Waals surface area (Å²) in [5.41, 5.74) is 0. The van der Waals surface area contributed by atoms with Gasteiger partial charge >= 0.3 is 29.6 Å². The molecule has 3 heteroatoms. The van der Waals surface area contributed by atoms with Gasteiger partial charge in [0.25, 0.3) is 0 Å². The summed E-state index contributed by atoms with van der Waals surface area (Å²) in [4.78, 5) is 10.7. The van der Waals surface area contributed by atoms with Gasteiger partial charge in [-0.2, -0.15) is 0 Å². The van der Waals surface area contributed by atoms with Crippen LogP contribution in [0.5, 0.6) is 0 Å². The first-order valence-corrected chi connectivity index (χ1v) is 5.28. The van der Waals surface area contributed by atoms with E-state index in [1.54, 1.807) is 0 Å². The van der Waals surface area contributed by atoms with Gasteiger partial charge in [0, 0.05) is 5.97 Å². The molecule has 0 spiro atoms. The Kier molecular flexibility index (Phi) is 12.1. The molecule has 0 aromatic heterocycles. The third kappa shape index (κ3) is 9.04. The Morgan fingerprint density at radius 2 is 1.79 bits per heavy atom. The van der Waals surface area contributed by atoms with Gasteiger partial charge in [0.15, 0.2) is 0 Å². The summed E-state index contributed by atoms with van der Waals surface area (Å²) in [6, 6.07) is 0. The molecule has 0 radical (unpaired) electrons. The zero-order valence-electron chi connectivity index (χ0n) is 10.0. The Labute approximate surface area is 110 Å². The molecule has 14 heavy (non-hydrogen) atoms. The Morgan fingerprint density at radius 1 is 1.21 bits per heavy atom. The maximum Gasteiger partial charge on any atom is 1.00 e. The second kappa shape index (κ2) is 10.0. The first kappa shape index (κ1) is 16.9. The Hall–Kier alpha value is 0.470. The average molecular weight is 208 g/mol. The van der Waals surface area contributed by atoms with Gasteiger partial charge in [-0.15, -0.1) is 0 Å². The maximum atomic E-state index is 10.7. The largest absolute Gasteiger partial charge is 1.00 e. The second-order valence-electron chi connectivity index (χ2n) is 4.13. The van der Waals surface area contributed by atoms with E-state index in [0.717, 1.165) is 32.1 Å². The number of hydrogen-bond donors (Lipinski definition) is 0. The van der Waals surface area contributed by atoms with Crippen LogP contribution in [0.1, 0.15) is 52.9 Å². The molecule has 2 nitrogen and oxygen atoms in total. The van der Waals surface area contributed by atoms with Crippen LogP contribution < -0.4 is 34.7 Å². The maximum absolute atomic E-state index is 10.7. The molecule has 0 heterocycles. The first-order valence-electron chi connectivity index (χ1n) is 5.28. The normalized spacial score (nSPS) is 12.3. The Bertz CT molecular complexity index is 146. The molecule has 0 aliphatic rings. The van der Waals surface area contributed by atoms with Crippen LogP contribution in [0, 0.1) is 11.8 Å². The summed E-state index contributed by atoms with van der Waals surface area (Å²) < 4.78 is 0. The molecule has 0 aliphatic heterocycles. The molecule has 1 unspecified atom stereocenters. The van der Waals surface area contributed by atoms with Crippen LogP contribution in [0.4, 0.5) is 0 Å². The molecule has 0 saturated carbocycles. The number of carboxylic acids is 1. The molecule has 0 bridgehead atoms. The quantitative estimate of drug-likeness (QED) is 0.503. The van der Waals surface area contributed by atoms with Gasteiger partial charge in [0.05, 0.1) is 0 Å². The fraction of sp³-hybridized carbons (Fsp3) is 0.909. The minimum atomic E-state index is -0.870. The molecular formula is C11H21NaO2. The molecule has 0 aromatic carbocycles. The SMILES string of the molecule is CCCC(CCCC(C)C)C(=O)[O-].[Na+]. The molecule has 1 atom stereocenters. The summed E-state index contributed by atoms with van der Waals surface area (Å²) in [5.74, 6) is -0.418. The number of carbonyl (C=O) groups excluding carboxylic acids is 1. The van der Waals surface area contributed by atoms with Crippen molar-refractivity contribution in [1.82, 2.24) is 0 Å². The molecule has 0 amide bonds. The van der Waals surface area contributed by atoms with Crippen LogP contribution in [-0.4, -0.2) is 5.97 Å². The van der Waals surface area contributed by atoms with Crippen molar-refractivity contribution in [2.24, 2.45) is 11.8 Å². The summed E-state index contributed by atoms with van der Waals surface area (Å²) >= 11 is 0. The molecule has 78 valence electrons. The van der Waals surface area contributed by atoms with Crippen molar-refractivity contribution >= 4 is 5.97 Å². The number of hydrogen-bond acceptors (Lipinski definition) is 2. The monoisotopic (exact) mass is 208 g/mol. The average Bonchev–Trinajstić information content (AvgIpc) is 2.02. The molecule has 0 fully saturated rings. The van der Waals surface area contributed by atoms with Crippen molar-refractivity contribution in [1.29, 1.82) is 0 Å². The van der Waals surface area contributed by atoms with E-state index in [1.807, 2.05) is 6.92 Å². The molecular weight excluding hydrogens is 187 g/mol. The fourth-order valence-corrected chi connectivity index (χ4v) is 1.50. The van der Waals surface area contributed by atoms with Crippen molar-refractivity contribution in [3.05, 3.63) is 0 Å². The number of aliphatic carboxylic acids is 1. The Morgan fingerprint density at radius 3 is 2.14 bits per heavy atom. The number of carbonyl (C=O) groups is 1. The first-order chi connectivity index (χ1) is 6.07. The van der Waals surface area contributed by atoms with Crippen molar-refractivity contribution < 1.29 is 39.5 Å². The van der Waals surface area contributed by atoms with E-state index in [1.165, 1.54) is 0 Å². The van der Waals surface area contributed by atoms with E-state index < -0.39 is 5.97 Å². The third-order valence-corrected chi connectivity index (χ3v) is 2.30. The predicted molar refractivity (Wildman–Crippen MR) is 52.1 cm³/mol. The van der Waals surface area contributed by atoms with Crippen molar-refractivity contribution in [2.75, 3.05) is 0 Å². The van der Waals surface area contributed by atoms with Crippen LogP contribution in [0.15, 0.2) is 0 Å². The summed E-state index contributed by atoms with van der Waals surface area (Å²) in [6.45, 7) is 6.33. The minimum Gasteiger partial charge on any atom is -0.550 e. The van der Waals surface area contributed by atoms with Crippen LogP contribution in [0.3, 0.4) is 0 Å². The van der Waals surface area contributed by atoms with Crippen molar-refractivity contribution in [3.63, 3.8) is 0 Å². The van der Waals surface area contributed by atoms with E-state index in [2.05, 4.69) is 13.8 Å². The number of rotatable bonds is 7. The zero-order valence-corrected chi connectivity index (χ0v) is 12.0. The van der Waals surface area contributed by atoms with E-state index in [4.69, 9.17) is 0 Å². The number of carboxylic acid groups (broad SMARTS) is 1. The van der Waals surface area contributed by atoms with Crippen LogP contribution in [0.25, 0.3) is 0 Å². The van der Waals surface area contributed by atoms with Crippen LogP contribution >= 0.6 is 0 Å². The van der Waals surface area contributed by atoms with Gasteiger partial charge in [-0.05, 0) is 24.7 Å². The van der Waals surface area contributed by atoms with E-state index in [0.29, 0.717) is 5.92 Å². The third-order valence-electron chi connectivity index (χ3n) is 2.30. The topological polar surface area (TPSA) is 40.1 Å². The van der Waals surface area contributed by atoms with Crippen LogP contribution in [-0.2, 0) is 4.79 Å². The molecule has 0 saturated heterocycles. The van der Waals surface area contributed by atoms with Crippen molar-refractivity contribution in [3.8, 4) is 0 Å². The predicted octanol–water partition coefficient (Wildman–Crippen LogP) is -1.02.